The second-order valence-electron chi connectivity index (χ2n) is 3.92. The zero-order valence-corrected chi connectivity index (χ0v) is 12.3. The van der Waals surface area contributed by atoms with Gasteiger partial charge in [-0.2, -0.15) is 0 Å². The van der Waals surface area contributed by atoms with E-state index in [0.29, 0.717) is 11.5 Å². The van der Waals surface area contributed by atoms with Crippen molar-refractivity contribution in [3.8, 4) is 0 Å². The van der Waals surface area contributed by atoms with Crippen molar-refractivity contribution in [3.05, 3.63) is 51.9 Å². The maximum atomic E-state index is 5.60. The Balaban J connectivity index is 2.06. The lowest BCUT2D eigenvalue weighted by Gasteiger charge is -2.08. The van der Waals surface area contributed by atoms with E-state index in [-0.39, 0.29) is 0 Å². The van der Waals surface area contributed by atoms with Crippen LogP contribution in [-0.4, -0.2) is 4.99 Å². The molecule has 3 nitrogen and oxygen atoms in total. The summed E-state index contributed by atoms with van der Waals surface area (Å²) in [5.41, 5.74) is 7.42. The number of nitrogens with one attached hydrogen (secondary N) is 1. The van der Waals surface area contributed by atoms with Crippen molar-refractivity contribution in [1.29, 1.82) is 0 Å². The van der Waals surface area contributed by atoms with Crippen LogP contribution in [0.5, 0.6) is 0 Å². The molecule has 3 N–H and O–H groups in total. The molecule has 0 aliphatic carbocycles. The fraction of sp³-hybridized carbons (Fsp3) is 0.154. The van der Waals surface area contributed by atoms with E-state index >= 15 is 0 Å². The van der Waals surface area contributed by atoms with Crippen LogP contribution in [0.15, 0.2) is 39.2 Å². The van der Waals surface area contributed by atoms with E-state index < -0.39 is 0 Å². The average Bonchev–Trinajstić information content (AvgIpc) is 2.72. The number of hydrogen-bond donors (Lipinski definition) is 2. The highest BCUT2D eigenvalue weighted by atomic mass is 79.9. The molecule has 0 unspecified atom stereocenters. The van der Waals surface area contributed by atoms with Gasteiger partial charge >= 0.3 is 0 Å². The summed E-state index contributed by atoms with van der Waals surface area (Å²) >= 11 is 8.40. The topological polar surface area (TPSA) is 51.2 Å². The van der Waals surface area contributed by atoms with E-state index in [4.69, 9.17) is 22.4 Å². The van der Waals surface area contributed by atoms with Crippen molar-refractivity contribution in [2.75, 3.05) is 5.32 Å². The maximum absolute atomic E-state index is 5.60. The molecule has 2 rings (SSSR count). The highest BCUT2D eigenvalue weighted by Crippen LogP contribution is 2.22. The summed E-state index contributed by atoms with van der Waals surface area (Å²) in [4.78, 5) is 0.384. The van der Waals surface area contributed by atoms with Gasteiger partial charge < -0.3 is 15.5 Å². The molecular formula is C13H13BrN2OS. The number of hydrogen-bond acceptors (Lipinski definition) is 3. The van der Waals surface area contributed by atoms with E-state index in [1.807, 2.05) is 37.3 Å². The Hall–Kier alpha value is -1.33. The number of thiocarbonyl (C=S) groups is 1. The van der Waals surface area contributed by atoms with Crippen LogP contribution in [0, 0.1) is 6.92 Å². The lowest BCUT2D eigenvalue weighted by molar-refractivity contribution is 0.490. The number of halogens is 1. The average molecular weight is 325 g/mol. The Morgan fingerprint density at radius 3 is 2.72 bits per heavy atom. The first kappa shape index (κ1) is 13.1. The van der Waals surface area contributed by atoms with Crippen LogP contribution in [0.2, 0.25) is 0 Å². The third-order valence-electron chi connectivity index (χ3n) is 2.50. The third-order valence-corrected chi connectivity index (χ3v) is 3.37. The zero-order valence-electron chi connectivity index (χ0n) is 9.87. The van der Waals surface area contributed by atoms with Gasteiger partial charge in [-0.15, -0.1) is 0 Å². The molecule has 18 heavy (non-hydrogen) atoms. The molecule has 0 bridgehead atoms. The minimum atomic E-state index is 0.384. The number of furan rings is 1. The Kier molecular flexibility index (Phi) is 4.04. The molecule has 0 radical (unpaired) electrons. The van der Waals surface area contributed by atoms with Crippen molar-refractivity contribution in [2.24, 2.45) is 5.73 Å². The summed E-state index contributed by atoms with van der Waals surface area (Å²) in [7, 11) is 0. The van der Waals surface area contributed by atoms with Crippen molar-refractivity contribution in [2.45, 2.75) is 13.5 Å². The lowest BCUT2D eigenvalue weighted by Crippen LogP contribution is -2.10. The molecule has 0 amide bonds. The van der Waals surface area contributed by atoms with Crippen LogP contribution in [0.4, 0.5) is 5.69 Å². The highest BCUT2D eigenvalue weighted by molar-refractivity contribution is 9.10. The molecule has 0 saturated carbocycles. The highest BCUT2D eigenvalue weighted by Gasteiger charge is 2.04. The predicted octanol–water partition coefficient (Wildman–Crippen LogP) is 3.60. The quantitative estimate of drug-likeness (QED) is 0.844. The molecule has 0 atom stereocenters. The first-order valence-electron chi connectivity index (χ1n) is 5.45. The van der Waals surface area contributed by atoms with E-state index in [0.717, 1.165) is 27.2 Å². The molecule has 1 heterocycles. The standard InChI is InChI=1S/C13H13BrN2OS/c1-8-2-4-10(17-8)7-16-9-3-5-11(13(15)18)12(14)6-9/h2-6,16H,7H2,1H3,(H2,15,18). The van der Waals surface area contributed by atoms with Gasteiger partial charge in [0, 0.05) is 15.7 Å². The molecule has 0 spiro atoms. The minimum absolute atomic E-state index is 0.384. The smallest absolute Gasteiger partial charge is 0.123 e. The SMILES string of the molecule is Cc1ccc(CNc2ccc(C(N)=S)c(Br)c2)o1. The van der Waals surface area contributed by atoms with Gasteiger partial charge in [-0.05, 0) is 53.2 Å². The van der Waals surface area contributed by atoms with Crippen molar-refractivity contribution in [3.63, 3.8) is 0 Å². The van der Waals surface area contributed by atoms with Gasteiger partial charge in [-0.3, -0.25) is 0 Å². The second-order valence-corrected chi connectivity index (χ2v) is 5.22. The van der Waals surface area contributed by atoms with Crippen LogP contribution in [0.1, 0.15) is 17.1 Å². The number of rotatable bonds is 4. The van der Waals surface area contributed by atoms with Crippen LogP contribution < -0.4 is 11.1 Å². The molecule has 1 aromatic carbocycles. The molecule has 0 aliphatic rings. The summed E-state index contributed by atoms with van der Waals surface area (Å²) in [6.07, 6.45) is 0. The van der Waals surface area contributed by atoms with Crippen molar-refractivity contribution in [1.82, 2.24) is 0 Å². The summed E-state index contributed by atoms with van der Waals surface area (Å²) < 4.78 is 6.37. The predicted molar refractivity (Wildman–Crippen MR) is 80.8 cm³/mol. The Labute approximate surface area is 119 Å². The number of anilines is 1. The van der Waals surface area contributed by atoms with Gasteiger partial charge in [-0.1, -0.05) is 12.2 Å². The van der Waals surface area contributed by atoms with Crippen molar-refractivity contribution < 1.29 is 4.42 Å². The Bertz CT molecular complexity index is 580. The fourth-order valence-corrected chi connectivity index (χ4v) is 2.50. The lowest BCUT2D eigenvalue weighted by atomic mass is 10.2. The van der Waals surface area contributed by atoms with E-state index in [1.165, 1.54) is 0 Å². The number of benzene rings is 1. The largest absolute Gasteiger partial charge is 0.465 e. The molecule has 0 saturated heterocycles. The molecule has 0 fully saturated rings. The normalized spacial score (nSPS) is 10.3. The van der Waals surface area contributed by atoms with Crippen LogP contribution in [0.3, 0.4) is 0 Å². The summed E-state index contributed by atoms with van der Waals surface area (Å²) in [6, 6.07) is 9.69. The molecular weight excluding hydrogens is 312 g/mol. The Morgan fingerprint density at radius 1 is 1.39 bits per heavy atom. The first-order valence-corrected chi connectivity index (χ1v) is 6.65. The molecule has 2 aromatic rings. The number of nitrogens with two attached hydrogens (primary N) is 1. The van der Waals surface area contributed by atoms with Crippen LogP contribution in [-0.2, 0) is 6.54 Å². The molecule has 1 aromatic heterocycles. The first-order chi connectivity index (χ1) is 8.56. The second kappa shape index (κ2) is 5.54. The van der Waals surface area contributed by atoms with Crippen LogP contribution >= 0.6 is 28.1 Å². The van der Waals surface area contributed by atoms with Gasteiger partial charge in [0.15, 0.2) is 0 Å². The minimum Gasteiger partial charge on any atom is -0.465 e. The van der Waals surface area contributed by atoms with Crippen LogP contribution in [0.25, 0.3) is 0 Å². The van der Waals surface area contributed by atoms with Gasteiger partial charge in [0.2, 0.25) is 0 Å². The monoisotopic (exact) mass is 324 g/mol. The number of aryl methyl sites for hydroxylation is 1. The van der Waals surface area contributed by atoms with Crippen molar-refractivity contribution >= 4 is 38.8 Å². The summed E-state index contributed by atoms with van der Waals surface area (Å²) in [5, 5.41) is 3.27. The van der Waals surface area contributed by atoms with Gasteiger partial charge in [0.1, 0.15) is 16.5 Å². The molecule has 94 valence electrons. The zero-order chi connectivity index (χ0) is 13.1. The van der Waals surface area contributed by atoms with E-state index in [1.54, 1.807) is 0 Å². The van der Waals surface area contributed by atoms with Gasteiger partial charge in [0.25, 0.3) is 0 Å². The molecule has 0 aliphatic heterocycles. The summed E-state index contributed by atoms with van der Waals surface area (Å²) in [5.74, 6) is 1.82. The van der Waals surface area contributed by atoms with Gasteiger partial charge in [-0.25, -0.2) is 0 Å². The third kappa shape index (κ3) is 3.11. The van der Waals surface area contributed by atoms with Gasteiger partial charge in [0.05, 0.1) is 6.54 Å². The molecule has 5 heteroatoms. The van der Waals surface area contributed by atoms with E-state index in [9.17, 15) is 0 Å². The van der Waals surface area contributed by atoms with E-state index in [2.05, 4.69) is 21.2 Å². The maximum Gasteiger partial charge on any atom is 0.123 e. The Morgan fingerprint density at radius 2 is 2.17 bits per heavy atom. The summed E-state index contributed by atoms with van der Waals surface area (Å²) in [6.45, 7) is 2.57. The fourth-order valence-electron chi connectivity index (χ4n) is 1.59.